The van der Waals surface area contributed by atoms with Crippen LogP contribution in [0.15, 0.2) is 0 Å². The van der Waals surface area contributed by atoms with Crippen molar-refractivity contribution in [2.24, 2.45) is 13.0 Å². The van der Waals surface area contributed by atoms with E-state index in [9.17, 15) is 9.59 Å². The third-order valence-corrected chi connectivity index (χ3v) is 4.33. The number of H-pyrrole nitrogens is 1. The molecule has 2 heterocycles. The molecule has 1 saturated heterocycles. The maximum Gasteiger partial charge on any atom is 0.243 e. The second kappa shape index (κ2) is 7.04. The molecule has 1 aromatic heterocycles. The summed E-state index contributed by atoms with van der Waals surface area (Å²) in [5, 5.41) is 9.74. The van der Waals surface area contributed by atoms with Crippen molar-refractivity contribution in [1.82, 2.24) is 25.0 Å². The summed E-state index contributed by atoms with van der Waals surface area (Å²) in [5.41, 5.74) is 0. The zero-order valence-corrected chi connectivity index (χ0v) is 14.1. The van der Waals surface area contributed by atoms with Crippen LogP contribution >= 0.6 is 12.2 Å². The lowest BCUT2D eigenvalue weighted by atomic mass is 10.0. The highest BCUT2D eigenvalue weighted by Gasteiger charge is 2.34. The first kappa shape index (κ1) is 16.7. The van der Waals surface area contributed by atoms with E-state index in [0.29, 0.717) is 30.7 Å². The van der Waals surface area contributed by atoms with Crippen LogP contribution in [0.1, 0.15) is 32.5 Å². The van der Waals surface area contributed by atoms with Crippen LogP contribution in [0.3, 0.4) is 0 Å². The highest BCUT2D eigenvalue weighted by Crippen LogP contribution is 2.19. The van der Waals surface area contributed by atoms with Crippen molar-refractivity contribution in [2.75, 3.05) is 13.1 Å². The van der Waals surface area contributed by atoms with E-state index in [1.807, 2.05) is 20.9 Å². The first-order valence-electron chi connectivity index (χ1n) is 7.59. The lowest BCUT2D eigenvalue weighted by Gasteiger charge is -2.29. The molecule has 2 rings (SSSR count). The van der Waals surface area contributed by atoms with Crippen molar-refractivity contribution < 1.29 is 9.59 Å². The highest BCUT2D eigenvalue weighted by atomic mass is 32.1. The van der Waals surface area contributed by atoms with E-state index in [1.165, 1.54) is 0 Å². The average molecular weight is 325 g/mol. The molecule has 122 valence electrons. The normalized spacial score (nSPS) is 16.4. The predicted octanol–water partition coefficient (Wildman–Crippen LogP) is 0.783. The molecule has 0 aliphatic carbocycles. The third kappa shape index (κ3) is 3.55. The van der Waals surface area contributed by atoms with Crippen molar-refractivity contribution in [2.45, 2.75) is 39.2 Å². The van der Waals surface area contributed by atoms with Gasteiger partial charge in [0, 0.05) is 33.0 Å². The number of nitrogens with zero attached hydrogens (tertiary/aromatic N) is 3. The zero-order valence-electron chi connectivity index (χ0n) is 13.3. The van der Waals surface area contributed by atoms with E-state index < -0.39 is 6.04 Å². The lowest BCUT2D eigenvalue weighted by molar-refractivity contribution is -0.139. The molecule has 1 aliphatic rings. The van der Waals surface area contributed by atoms with E-state index in [1.54, 1.807) is 9.47 Å². The number of likely N-dealkylation sites (tertiary alicyclic amines) is 1. The maximum absolute atomic E-state index is 12.4. The number of hydrogen-bond donors (Lipinski definition) is 2. The molecule has 0 spiro atoms. The van der Waals surface area contributed by atoms with E-state index in [4.69, 9.17) is 12.2 Å². The van der Waals surface area contributed by atoms with Crippen LogP contribution in [-0.2, 0) is 23.1 Å². The highest BCUT2D eigenvalue weighted by molar-refractivity contribution is 7.71. The molecule has 1 atom stereocenters. The van der Waals surface area contributed by atoms with Gasteiger partial charge in [0.15, 0.2) is 4.77 Å². The molecule has 2 amide bonds. The van der Waals surface area contributed by atoms with Crippen LogP contribution in [0.2, 0.25) is 0 Å². The summed E-state index contributed by atoms with van der Waals surface area (Å²) in [6.45, 7) is 5.07. The van der Waals surface area contributed by atoms with Crippen molar-refractivity contribution in [3.8, 4) is 0 Å². The summed E-state index contributed by atoms with van der Waals surface area (Å²) in [5.74, 6) is 0.858. The molecule has 0 bridgehead atoms. The molecule has 2 N–H and O–H groups in total. The summed E-state index contributed by atoms with van der Waals surface area (Å²) in [7, 11) is 1.84. The second-order valence-corrected chi connectivity index (χ2v) is 6.31. The molecule has 0 unspecified atom stereocenters. The van der Waals surface area contributed by atoms with Crippen LogP contribution in [0.25, 0.3) is 0 Å². The number of aromatic nitrogens is 3. The lowest BCUT2D eigenvalue weighted by Crippen LogP contribution is -2.50. The fourth-order valence-electron chi connectivity index (χ4n) is 2.77. The van der Waals surface area contributed by atoms with Gasteiger partial charge in [0.25, 0.3) is 0 Å². The molecule has 0 saturated carbocycles. The standard InChI is InChI=1S/C14H23N5O2S/c1-9(2)12(19-8-4-5-11(19)20)13(21)15-7-6-10-16-17-14(22)18(10)3/h9,12H,4-8H2,1-3H3,(H,15,21)(H,17,22)/t12-/m1/s1. The van der Waals surface area contributed by atoms with Crippen molar-refractivity contribution in [3.05, 3.63) is 10.6 Å². The smallest absolute Gasteiger partial charge is 0.243 e. The van der Waals surface area contributed by atoms with Crippen LogP contribution < -0.4 is 5.32 Å². The van der Waals surface area contributed by atoms with Crippen molar-refractivity contribution in [1.29, 1.82) is 0 Å². The van der Waals surface area contributed by atoms with Gasteiger partial charge in [0.2, 0.25) is 11.8 Å². The number of aromatic amines is 1. The summed E-state index contributed by atoms with van der Waals surface area (Å²) in [6, 6.07) is -0.391. The Morgan fingerprint density at radius 2 is 2.23 bits per heavy atom. The molecular weight excluding hydrogens is 302 g/mol. The zero-order chi connectivity index (χ0) is 16.3. The Bertz CT molecular complexity index is 607. The number of carbonyl (C=O) groups is 2. The Balaban J connectivity index is 1.93. The van der Waals surface area contributed by atoms with E-state index in [0.717, 1.165) is 12.2 Å². The van der Waals surface area contributed by atoms with Crippen molar-refractivity contribution >= 4 is 24.0 Å². The second-order valence-electron chi connectivity index (χ2n) is 5.92. The first-order valence-corrected chi connectivity index (χ1v) is 8.00. The number of hydrogen-bond acceptors (Lipinski definition) is 4. The number of nitrogens with one attached hydrogen (secondary N) is 2. The van der Waals surface area contributed by atoms with Gasteiger partial charge in [0.05, 0.1) is 0 Å². The van der Waals surface area contributed by atoms with Crippen LogP contribution in [0, 0.1) is 10.7 Å². The summed E-state index contributed by atoms with van der Waals surface area (Å²) in [6.07, 6.45) is 1.97. The minimum atomic E-state index is -0.391. The number of rotatable bonds is 6. The Labute approximate surface area is 135 Å². The predicted molar refractivity (Wildman–Crippen MR) is 84.7 cm³/mol. The van der Waals surface area contributed by atoms with Gasteiger partial charge in [-0.15, -0.1) is 0 Å². The topological polar surface area (TPSA) is 83.0 Å². The first-order chi connectivity index (χ1) is 10.4. The Hall–Kier alpha value is -1.70. The fraction of sp³-hybridized carbons (Fsp3) is 0.714. The van der Waals surface area contributed by atoms with Gasteiger partial charge in [-0.3, -0.25) is 14.7 Å². The molecule has 8 heteroatoms. The van der Waals surface area contributed by atoms with Gasteiger partial charge in [-0.1, -0.05) is 13.8 Å². The quantitative estimate of drug-likeness (QED) is 0.757. The van der Waals surface area contributed by atoms with Crippen LogP contribution in [0.5, 0.6) is 0 Å². The molecule has 7 nitrogen and oxygen atoms in total. The molecule has 1 aromatic rings. The Kier molecular flexibility index (Phi) is 5.33. The van der Waals surface area contributed by atoms with Gasteiger partial charge in [0.1, 0.15) is 11.9 Å². The third-order valence-electron chi connectivity index (χ3n) is 3.97. The molecule has 0 aromatic carbocycles. The monoisotopic (exact) mass is 325 g/mol. The summed E-state index contributed by atoms with van der Waals surface area (Å²) in [4.78, 5) is 26.0. The minimum Gasteiger partial charge on any atom is -0.354 e. The molecule has 1 fully saturated rings. The van der Waals surface area contributed by atoms with Crippen LogP contribution in [0.4, 0.5) is 0 Å². The fourth-order valence-corrected chi connectivity index (χ4v) is 2.92. The van der Waals surface area contributed by atoms with E-state index in [-0.39, 0.29) is 17.7 Å². The minimum absolute atomic E-state index is 0.0725. The Morgan fingerprint density at radius 3 is 2.73 bits per heavy atom. The van der Waals surface area contributed by atoms with Crippen LogP contribution in [-0.4, -0.2) is 50.6 Å². The largest absolute Gasteiger partial charge is 0.354 e. The van der Waals surface area contributed by atoms with E-state index in [2.05, 4.69) is 15.5 Å². The van der Waals surface area contributed by atoms with Gasteiger partial charge in [-0.05, 0) is 24.6 Å². The van der Waals surface area contributed by atoms with Gasteiger partial charge < -0.3 is 14.8 Å². The number of amides is 2. The molecule has 0 radical (unpaired) electrons. The molecular formula is C14H23N5O2S. The van der Waals surface area contributed by atoms with Gasteiger partial charge in [-0.2, -0.15) is 5.10 Å². The molecule has 1 aliphatic heterocycles. The average Bonchev–Trinajstić information content (AvgIpc) is 3.00. The van der Waals surface area contributed by atoms with Gasteiger partial charge in [-0.25, -0.2) is 0 Å². The SMILES string of the molecule is CC(C)[C@H](C(=O)NCCc1n[nH]c(=S)n1C)N1CCCC1=O. The van der Waals surface area contributed by atoms with Crippen molar-refractivity contribution in [3.63, 3.8) is 0 Å². The molecule has 22 heavy (non-hydrogen) atoms. The summed E-state index contributed by atoms with van der Waals surface area (Å²) >= 11 is 5.05. The van der Waals surface area contributed by atoms with E-state index >= 15 is 0 Å². The van der Waals surface area contributed by atoms with Gasteiger partial charge >= 0.3 is 0 Å². The Morgan fingerprint density at radius 1 is 1.50 bits per heavy atom. The summed E-state index contributed by atoms with van der Waals surface area (Å²) < 4.78 is 2.34. The number of carbonyl (C=O) groups excluding carboxylic acids is 2. The maximum atomic E-state index is 12.4.